The fraction of sp³-hybridized carbons (Fsp3) is 0.103. The zero-order valence-corrected chi connectivity index (χ0v) is 20.1. The summed E-state index contributed by atoms with van der Waals surface area (Å²) in [5.74, 6) is 1.74. The molecule has 0 radical (unpaired) electrons. The molecule has 4 aromatic rings. The fourth-order valence-electron chi connectivity index (χ4n) is 4.49. The molecule has 5 heterocycles. The summed E-state index contributed by atoms with van der Waals surface area (Å²) in [4.78, 5) is 16.5. The molecule has 0 saturated carbocycles. The van der Waals surface area contributed by atoms with E-state index in [4.69, 9.17) is 24.2 Å². The van der Waals surface area contributed by atoms with Crippen molar-refractivity contribution in [2.75, 3.05) is 21.3 Å². The molecule has 0 amide bonds. The summed E-state index contributed by atoms with van der Waals surface area (Å²) in [5.41, 5.74) is 9.18. The summed E-state index contributed by atoms with van der Waals surface area (Å²) < 4.78 is 16.7. The molecule has 2 aliphatic rings. The van der Waals surface area contributed by atoms with Crippen LogP contribution in [0, 0.1) is 0 Å². The quantitative estimate of drug-likeness (QED) is 0.310. The van der Waals surface area contributed by atoms with Gasteiger partial charge in [0.15, 0.2) is 11.5 Å². The lowest BCUT2D eigenvalue weighted by molar-refractivity contribution is 0.324. The number of aromatic nitrogens is 4. The monoisotopic (exact) mass is 476 g/mol. The number of benzene rings is 1. The van der Waals surface area contributed by atoms with Gasteiger partial charge in [0.25, 0.3) is 0 Å². The van der Waals surface area contributed by atoms with Gasteiger partial charge in [0.2, 0.25) is 5.75 Å². The lowest BCUT2D eigenvalue weighted by Gasteiger charge is -2.13. The van der Waals surface area contributed by atoms with Crippen LogP contribution in [0.2, 0.25) is 0 Å². The Balaban J connectivity index is 1.65. The van der Waals surface area contributed by atoms with Gasteiger partial charge in [-0.1, -0.05) is 0 Å². The first-order chi connectivity index (χ1) is 17.6. The van der Waals surface area contributed by atoms with Crippen molar-refractivity contribution in [2.24, 2.45) is 0 Å². The van der Waals surface area contributed by atoms with E-state index < -0.39 is 0 Å². The molecule has 36 heavy (non-hydrogen) atoms. The number of H-pyrrole nitrogens is 2. The number of hydrogen-bond donors (Lipinski definition) is 2. The Labute approximate surface area is 207 Å². The van der Waals surface area contributed by atoms with E-state index in [-0.39, 0.29) is 0 Å². The van der Waals surface area contributed by atoms with E-state index in [2.05, 4.69) is 16.0 Å². The second kappa shape index (κ2) is 8.78. The van der Waals surface area contributed by atoms with Gasteiger partial charge in [-0.05, 0) is 84.5 Å². The van der Waals surface area contributed by atoms with E-state index >= 15 is 0 Å². The minimum Gasteiger partial charge on any atom is -0.493 e. The topological polar surface area (TPSA) is 85.1 Å². The first kappa shape index (κ1) is 21.7. The Morgan fingerprint density at radius 2 is 1.08 bits per heavy atom. The molecule has 0 atom stereocenters. The van der Waals surface area contributed by atoms with Gasteiger partial charge >= 0.3 is 0 Å². The Bertz CT molecular complexity index is 1680. The number of fused-ring (bicyclic) bond motifs is 8. The summed E-state index contributed by atoms with van der Waals surface area (Å²) in [5, 5.41) is 0. The van der Waals surface area contributed by atoms with Crippen LogP contribution in [0.4, 0.5) is 0 Å². The van der Waals surface area contributed by atoms with Crippen molar-refractivity contribution in [1.82, 2.24) is 19.9 Å². The molecule has 0 fully saturated rings. The van der Waals surface area contributed by atoms with Crippen LogP contribution >= 0.6 is 0 Å². The third-order valence-electron chi connectivity index (χ3n) is 6.14. The minimum absolute atomic E-state index is 0.553. The van der Waals surface area contributed by atoms with Crippen molar-refractivity contribution < 1.29 is 14.2 Å². The predicted octanol–water partition coefficient (Wildman–Crippen LogP) is 6.35. The van der Waals surface area contributed by atoms with Crippen LogP contribution in [0.1, 0.15) is 22.8 Å². The molecule has 8 bridgehead atoms. The van der Waals surface area contributed by atoms with Gasteiger partial charge in [-0.15, -0.1) is 0 Å². The molecule has 178 valence electrons. The predicted molar refractivity (Wildman–Crippen MR) is 144 cm³/mol. The molecular weight excluding hydrogens is 452 g/mol. The second-order valence-electron chi connectivity index (χ2n) is 8.50. The van der Waals surface area contributed by atoms with Crippen molar-refractivity contribution in [3.8, 4) is 28.4 Å². The van der Waals surface area contributed by atoms with Gasteiger partial charge < -0.3 is 24.2 Å². The molecule has 0 spiro atoms. The average Bonchev–Trinajstić information content (AvgIpc) is 3.68. The molecule has 6 rings (SSSR count). The molecule has 0 aliphatic carbocycles. The molecule has 3 aromatic heterocycles. The van der Waals surface area contributed by atoms with Crippen LogP contribution in [-0.4, -0.2) is 41.3 Å². The van der Waals surface area contributed by atoms with Gasteiger partial charge in [-0.2, -0.15) is 0 Å². The third-order valence-corrected chi connectivity index (χ3v) is 6.14. The smallest absolute Gasteiger partial charge is 0.203 e. The second-order valence-corrected chi connectivity index (χ2v) is 8.50. The van der Waals surface area contributed by atoms with Crippen molar-refractivity contribution in [2.45, 2.75) is 0 Å². The molecule has 0 unspecified atom stereocenters. The van der Waals surface area contributed by atoms with Crippen LogP contribution in [0.15, 0.2) is 54.6 Å². The Morgan fingerprint density at radius 1 is 0.556 bits per heavy atom. The molecular formula is C29H24N4O3. The first-order valence-corrected chi connectivity index (χ1v) is 11.5. The molecule has 2 N–H and O–H groups in total. The van der Waals surface area contributed by atoms with Crippen LogP contribution in [-0.2, 0) is 0 Å². The third kappa shape index (κ3) is 4.01. The van der Waals surface area contributed by atoms with Gasteiger partial charge in [0.05, 0.1) is 44.1 Å². The Hall–Kier alpha value is -4.78. The summed E-state index contributed by atoms with van der Waals surface area (Å²) in [6, 6.07) is 18.2. The number of nitrogens with one attached hydrogen (secondary N) is 2. The van der Waals surface area contributed by atoms with Crippen LogP contribution in [0.5, 0.6) is 17.2 Å². The van der Waals surface area contributed by atoms with E-state index in [1.54, 1.807) is 21.3 Å². The number of hydrogen-bond acceptors (Lipinski definition) is 5. The Morgan fingerprint density at radius 3 is 1.61 bits per heavy atom. The average molecular weight is 477 g/mol. The largest absolute Gasteiger partial charge is 0.493 e. The van der Waals surface area contributed by atoms with E-state index in [1.807, 2.05) is 72.8 Å². The standard InChI is InChI=1S/C29H24N4O3/c1-34-27-10-17(11-28(35-2)29(27)36-3)25-15-24-14-22-7-6-20(31-22)12-18-4-5-19(30-18)13-21-8-9-23(32-21)16-26(25)33-24/h4-16,30,33H,1-3H3. The molecule has 7 nitrogen and oxygen atoms in total. The Kier molecular flexibility index (Phi) is 5.30. The fourth-order valence-corrected chi connectivity index (χ4v) is 4.49. The number of nitrogens with zero attached hydrogens (tertiary/aromatic N) is 2. The number of ether oxygens (including phenoxy) is 3. The van der Waals surface area contributed by atoms with Gasteiger partial charge in [0.1, 0.15) is 0 Å². The maximum absolute atomic E-state index is 5.60. The maximum Gasteiger partial charge on any atom is 0.203 e. The van der Waals surface area contributed by atoms with Crippen molar-refractivity contribution >= 4 is 46.4 Å². The number of rotatable bonds is 4. The highest BCUT2D eigenvalue weighted by molar-refractivity contribution is 5.89. The highest BCUT2D eigenvalue weighted by Crippen LogP contribution is 2.42. The summed E-state index contributed by atoms with van der Waals surface area (Å²) in [6.07, 6.45) is 8.03. The lowest BCUT2D eigenvalue weighted by atomic mass is 10.1. The van der Waals surface area contributed by atoms with E-state index in [9.17, 15) is 0 Å². The van der Waals surface area contributed by atoms with Crippen molar-refractivity contribution in [3.63, 3.8) is 0 Å². The van der Waals surface area contributed by atoms with E-state index in [0.29, 0.717) is 17.2 Å². The van der Waals surface area contributed by atoms with Crippen LogP contribution in [0.25, 0.3) is 57.5 Å². The van der Waals surface area contributed by atoms with Crippen LogP contribution in [0.3, 0.4) is 0 Å². The van der Waals surface area contributed by atoms with Gasteiger partial charge in [0, 0.05) is 27.6 Å². The van der Waals surface area contributed by atoms with E-state index in [1.165, 1.54) is 0 Å². The summed E-state index contributed by atoms with van der Waals surface area (Å²) >= 11 is 0. The maximum atomic E-state index is 5.60. The molecule has 0 saturated heterocycles. The van der Waals surface area contributed by atoms with Gasteiger partial charge in [-0.25, -0.2) is 9.97 Å². The number of methoxy groups -OCH3 is 3. The number of aromatic amines is 2. The SMILES string of the molecule is COc1cc(-c2cc3cc4nc(cc5ccc(cc6nc(cc2[nH]3)C=C6)[nH]5)C=C4)cc(OC)c1OC. The molecule has 1 aromatic carbocycles. The first-order valence-electron chi connectivity index (χ1n) is 11.5. The zero-order chi connectivity index (χ0) is 24.6. The summed E-state index contributed by atoms with van der Waals surface area (Å²) in [6.45, 7) is 0. The highest BCUT2D eigenvalue weighted by atomic mass is 16.5. The van der Waals surface area contributed by atoms with Crippen molar-refractivity contribution in [3.05, 3.63) is 77.4 Å². The molecule has 7 heteroatoms. The molecule has 2 aliphatic heterocycles. The highest BCUT2D eigenvalue weighted by Gasteiger charge is 2.16. The summed E-state index contributed by atoms with van der Waals surface area (Å²) in [7, 11) is 4.83. The lowest BCUT2D eigenvalue weighted by Crippen LogP contribution is -1.95. The normalized spacial score (nSPS) is 12.1. The zero-order valence-electron chi connectivity index (χ0n) is 20.1. The van der Waals surface area contributed by atoms with Crippen LogP contribution < -0.4 is 14.2 Å². The minimum atomic E-state index is 0.553. The van der Waals surface area contributed by atoms with Gasteiger partial charge in [-0.3, -0.25) is 0 Å². The van der Waals surface area contributed by atoms with E-state index in [0.717, 1.165) is 56.0 Å². The van der Waals surface area contributed by atoms with Crippen molar-refractivity contribution in [1.29, 1.82) is 0 Å².